The molecule has 1 rings (SSSR count). The number of hydrogen-bond acceptors (Lipinski definition) is 3. The molecule has 0 aliphatic heterocycles. The Morgan fingerprint density at radius 2 is 1.70 bits per heavy atom. The molecule has 112 valence electrons. The van der Waals surface area contributed by atoms with Gasteiger partial charge in [0.2, 0.25) is 0 Å². The molecule has 0 N–H and O–H groups in total. The van der Waals surface area contributed by atoms with E-state index in [1.165, 1.54) is 0 Å². The van der Waals surface area contributed by atoms with E-state index in [0.717, 1.165) is 10.9 Å². The second kappa shape index (κ2) is 8.30. The third-order valence-corrected chi connectivity index (χ3v) is 3.54. The van der Waals surface area contributed by atoms with Gasteiger partial charge in [-0.05, 0) is 54.2 Å². The molecule has 0 bridgehead atoms. The number of Topliss-reactive ketones (excluding diaryl/α,β-unsaturated/α-hetero) is 1. The molecule has 0 aliphatic rings. The first-order chi connectivity index (χ1) is 9.49. The molecule has 3 nitrogen and oxygen atoms in total. The molecule has 0 aliphatic carbocycles. The van der Waals surface area contributed by atoms with Crippen molar-refractivity contribution < 1.29 is 14.3 Å². The average Bonchev–Trinajstić information content (AvgIpc) is 2.39. The van der Waals surface area contributed by atoms with E-state index in [4.69, 9.17) is 9.47 Å². The molecule has 0 fully saturated rings. The number of rotatable bonds is 8. The lowest BCUT2D eigenvalue weighted by atomic mass is 10.0. The van der Waals surface area contributed by atoms with Crippen molar-refractivity contribution in [3.63, 3.8) is 0 Å². The molecule has 0 unspecified atom stereocenters. The van der Waals surface area contributed by atoms with Crippen LogP contribution in [0.5, 0.6) is 11.5 Å². The Labute approximate surface area is 129 Å². The van der Waals surface area contributed by atoms with Gasteiger partial charge in [-0.25, -0.2) is 0 Å². The molecule has 1 aromatic rings. The van der Waals surface area contributed by atoms with Crippen molar-refractivity contribution in [2.75, 3.05) is 13.2 Å². The smallest absolute Gasteiger partial charge is 0.164 e. The van der Waals surface area contributed by atoms with Crippen LogP contribution in [-0.2, 0) is 0 Å². The van der Waals surface area contributed by atoms with Gasteiger partial charge in [0.1, 0.15) is 0 Å². The Morgan fingerprint density at radius 3 is 2.20 bits per heavy atom. The molecular formula is C16H23BrO3. The van der Waals surface area contributed by atoms with E-state index in [1.807, 2.05) is 19.9 Å². The van der Waals surface area contributed by atoms with Gasteiger partial charge in [-0.3, -0.25) is 4.79 Å². The lowest BCUT2D eigenvalue weighted by molar-refractivity contribution is 0.0974. The Balaban J connectivity index is 3.01. The van der Waals surface area contributed by atoms with Gasteiger partial charge in [-0.1, -0.05) is 13.8 Å². The summed E-state index contributed by atoms with van der Waals surface area (Å²) in [4.78, 5) is 12.3. The number of ether oxygens (including phenoxy) is 2. The van der Waals surface area contributed by atoms with Crippen molar-refractivity contribution in [1.29, 1.82) is 0 Å². The van der Waals surface area contributed by atoms with Gasteiger partial charge >= 0.3 is 0 Å². The van der Waals surface area contributed by atoms with Crippen LogP contribution in [0.15, 0.2) is 16.6 Å². The minimum absolute atomic E-state index is 0.134. The lowest BCUT2D eigenvalue weighted by Gasteiger charge is -2.14. The molecule has 0 amide bonds. The molecule has 4 heteroatoms. The number of carbonyl (C=O) groups is 1. The van der Waals surface area contributed by atoms with Gasteiger partial charge in [0, 0.05) is 16.5 Å². The predicted molar refractivity (Wildman–Crippen MR) is 84.9 cm³/mol. The zero-order valence-corrected chi connectivity index (χ0v) is 14.2. The normalized spacial score (nSPS) is 10.7. The monoisotopic (exact) mass is 342 g/mol. The zero-order valence-electron chi connectivity index (χ0n) is 12.7. The quantitative estimate of drug-likeness (QED) is 0.632. The summed E-state index contributed by atoms with van der Waals surface area (Å²) in [7, 11) is 0. The molecule has 0 saturated heterocycles. The molecular weight excluding hydrogens is 320 g/mol. The van der Waals surface area contributed by atoms with Crippen molar-refractivity contribution in [3.05, 3.63) is 22.2 Å². The number of carbonyl (C=O) groups excluding carboxylic acids is 1. The average molecular weight is 343 g/mol. The van der Waals surface area contributed by atoms with Crippen molar-refractivity contribution in [2.24, 2.45) is 5.92 Å². The molecule has 20 heavy (non-hydrogen) atoms. The van der Waals surface area contributed by atoms with Crippen molar-refractivity contribution in [3.8, 4) is 11.5 Å². The SMILES string of the molecule is CCOc1cc(Br)c(C(=O)CCC(C)C)cc1OCC. The highest BCUT2D eigenvalue weighted by Gasteiger charge is 2.16. The van der Waals surface area contributed by atoms with Crippen LogP contribution in [0.3, 0.4) is 0 Å². The van der Waals surface area contributed by atoms with Gasteiger partial charge in [0.05, 0.1) is 13.2 Å². The summed E-state index contributed by atoms with van der Waals surface area (Å²) < 4.78 is 11.9. The fourth-order valence-corrected chi connectivity index (χ4v) is 2.38. The first-order valence-corrected chi connectivity index (χ1v) is 7.91. The third kappa shape index (κ3) is 4.82. The van der Waals surface area contributed by atoms with Crippen molar-refractivity contribution in [1.82, 2.24) is 0 Å². The van der Waals surface area contributed by atoms with E-state index in [9.17, 15) is 4.79 Å². The number of ketones is 1. The van der Waals surface area contributed by atoms with E-state index in [2.05, 4.69) is 29.8 Å². The van der Waals surface area contributed by atoms with E-state index < -0.39 is 0 Å². The predicted octanol–water partition coefficient (Wildman–Crippen LogP) is 4.87. The second-order valence-corrected chi connectivity index (χ2v) is 5.85. The fourth-order valence-electron chi connectivity index (χ4n) is 1.84. The van der Waals surface area contributed by atoms with Gasteiger partial charge in [-0.2, -0.15) is 0 Å². The highest BCUT2D eigenvalue weighted by Crippen LogP contribution is 2.34. The highest BCUT2D eigenvalue weighted by molar-refractivity contribution is 9.10. The molecule has 0 aromatic heterocycles. The van der Waals surface area contributed by atoms with Crippen LogP contribution in [0.2, 0.25) is 0 Å². The van der Waals surface area contributed by atoms with Gasteiger partial charge in [0.25, 0.3) is 0 Å². The summed E-state index contributed by atoms with van der Waals surface area (Å²) in [5.74, 6) is 1.95. The first kappa shape index (κ1) is 17.0. The van der Waals surface area contributed by atoms with Crippen LogP contribution < -0.4 is 9.47 Å². The van der Waals surface area contributed by atoms with Crippen LogP contribution >= 0.6 is 15.9 Å². The maximum Gasteiger partial charge on any atom is 0.164 e. The maximum atomic E-state index is 12.3. The third-order valence-electron chi connectivity index (χ3n) is 2.88. The Bertz CT molecular complexity index is 455. The Morgan fingerprint density at radius 1 is 1.15 bits per heavy atom. The lowest BCUT2D eigenvalue weighted by Crippen LogP contribution is -2.05. The van der Waals surface area contributed by atoms with Crippen LogP contribution in [0.25, 0.3) is 0 Å². The zero-order chi connectivity index (χ0) is 15.1. The molecule has 0 heterocycles. The van der Waals surface area contributed by atoms with E-state index in [1.54, 1.807) is 6.07 Å². The minimum Gasteiger partial charge on any atom is -0.490 e. The number of halogens is 1. The highest BCUT2D eigenvalue weighted by atomic mass is 79.9. The second-order valence-electron chi connectivity index (χ2n) is 5.00. The van der Waals surface area contributed by atoms with Gasteiger partial charge in [0.15, 0.2) is 17.3 Å². The summed E-state index contributed by atoms with van der Waals surface area (Å²) in [6, 6.07) is 3.60. The fraction of sp³-hybridized carbons (Fsp3) is 0.562. The molecule has 1 aromatic carbocycles. The van der Waals surface area contributed by atoms with Crippen molar-refractivity contribution in [2.45, 2.75) is 40.5 Å². The maximum absolute atomic E-state index is 12.3. The van der Waals surface area contributed by atoms with Gasteiger partial charge < -0.3 is 9.47 Å². The first-order valence-electron chi connectivity index (χ1n) is 7.11. The Kier molecular flexibility index (Phi) is 7.06. The minimum atomic E-state index is 0.134. The molecule has 0 spiro atoms. The largest absolute Gasteiger partial charge is 0.490 e. The van der Waals surface area contributed by atoms with Crippen LogP contribution in [0, 0.1) is 5.92 Å². The van der Waals surface area contributed by atoms with E-state index in [0.29, 0.717) is 42.6 Å². The summed E-state index contributed by atoms with van der Waals surface area (Å²) in [5, 5.41) is 0. The number of hydrogen-bond donors (Lipinski definition) is 0. The van der Waals surface area contributed by atoms with E-state index in [-0.39, 0.29) is 5.78 Å². The number of benzene rings is 1. The summed E-state index contributed by atoms with van der Waals surface area (Å²) in [5.41, 5.74) is 0.664. The summed E-state index contributed by atoms with van der Waals surface area (Å²) in [6.45, 7) is 9.18. The van der Waals surface area contributed by atoms with Crippen LogP contribution in [-0.4, -0.2) is 19.0 Å². The van der Waals surface area contributed by atoms with Crippen molar-refractivity contribution >= 4 is 21.7 Å². The van der Waals surface area contributed by atoms with Gasteiger partial charge in [-0.15, -0.1) is 0 Å². The Hall–Kier alpha value is -1.03. The molecule has 0 atom stereocenters. The van der Waals surface area contributed by atoms with Crippen LogP contribution in [0.1, 0.15) is 50.9 Å². The summed E-state index contributed by atoms with van der Waals surface area (Å²) in [6.07, 6.45) is 1.44. The van der Waals surface area contributed by atoms with E-state index >= 15 is 0 Å². The molecule has 0 radical (unpaired) electrons. The standard InChI is InChI=1S/C16H23BrO3/c1-5-19-15-9-12(14(18)8-7-11(3)4)13(17)10-16(15)20-6-2/h9-11H,5-8H2,1-4H3. The topological polar surface area (TPSA) is 35.5 Å². The molecule has 0 saturated carbocycles. The summed E-state index contributed by atoms with van der Waals surface area (Å²) >= 11 is 3.45. The van der Waals surface area contributed by atoms with Crippen LogP contribution in [0.4, 0.5) is 0 Å².